The lowest BCUT2D eigenvalue weighted by atomic mass is 10.1. The molecule has 0 radical (unpaired) electrons. The molecule has 0 saturated carbocycles. The zero-order valence-electron chi connectivity index (χ0n) is 9.26. The van der Waals surface area contributed by atoms with E-state index in [1.54, 1.807) is 12.1 Å². The molecule has 0 aliphatic rings. The second-order valence-corrected chi connectivity index (χ2v) is 3.70. The van der Waals surface area contributed by atoms with E-state index >= 15 is 0 Å². The number of hydrogen-bond acceptors (Lipinski definition) is 4. The van der Waals surface area contributed by atoms with E-state index in [2.05, 4.69) is 11.2 Å². The van der Waals surface area contributed by atoms with Crippen molar-refractivity contribution in [1.29, 1.82) is 5.26 Å². The number of nitriles is 1. The van der Waals surface area contributed by atoms with Crippen LogP contribution in [-0.2, 0) is 6.42 Å². The minimum atomic E-state index is 0.139. The predicted octanol–water partition coefficient (Wildman–Crippen LogP) is 2.14. The van der Waals surface area contributed by atoms with Crippen LogP contribution in [0.25, 0.3) is 11.3 Å². The van der Waals surface area contributed by atoms with Gasteiger partial charge >= 0.3 is 0 Å². The molecular weight excluding hydrogens is 216 g/mol. The van der Waals surface area contributed by atoms with Crippen LogP contribution in [0.5, 0.6) is 0 Å². The minimum Gasteiger partial charge on any atom is -0.396 e. The van der Waals surface area contributed by atoms with Crippen LogP contribution in [0, 0.1) is 11.3 Å². The number of aliphatic hydroxyl groups is 1. The number of aromatic nitrogens is 1. The molecule has 0 aliphatic carbocycles. The summed E-state index contributed by atoms with van der Waals surface area (Å²) in [4.78, 5) is 0. The molecule has 4 nitrogen and oxygen atoms in total. The molecule has 0 aliphatic heterocycles. The molecule has 1 aromatic heterocycles. The summed E-state index contributed by atoms with van der Waals surface area (Å²) >= 11 is 0. The van der Waals surface area contributed by atoms with Crippen molar-refractivity contribution in [2.45, 2.75) is 12.8 Å². The van der Waals surface area contributed by atoms with E-state index in [-0.39, 0.29) is 6.61 Å². The van der Waals surface area contributed by atoms with Crippen molar-refractivity contribution in [3.63, 3.8) is 0 Å². The number of aliphatic hydroxyl groups excluding tert-OH is 1. The first-order valence-corrected chi connectivity index (χ1v) is 5.40. The molecule has 0 saturated heterocycles. The van der Waals surface area contributed by atoms with Crippen LogP contribution in [0.1, 0.15) is 17.7 Å². The molecule has 2 rings (SSSR count). The second-order valence-electron chi connectivity index (χ2n) is 3.70. The Hall–Kier alpha value is -2.12. The fourth-order valence-electron chi connectivity index (χ4n) is 1.57. The lowest BCUT2D eigenvalue weighted by Gasteiger charge is -1.94. The minimum absolute atomic E-state index is 0.139. The zero-order valence-corrected chi connectivity index (χ0v) is 9.26. The highest BCUT2D eigenvalue weighted by atomic mass is 16.5. The third-order valence-corrected chi connectivity index (χ3v) is 2.43. The normalized spacial score (nSPS) is 10.1. The average molecular weight is 228 g/mol. The molecule has 0 bridgehead atoms. The Morgan fingerprint density at radius 1 is 1.35 bits per heavy atom. The molecule has 17 heavy (non-hydrogen) atoms. The van der Waals surface area contributed by atoms with Crippen molar-refractivity contribution in [3.8, 4) is 17.3 Å². The molecule has 1 N–H and O–H groups in total. The SMILES string of the molecule is N#Cc1cccc(-c2cc(CCCO)on2)c1. The average Bonchev–Trinajstić information content (AvgIpc) is 2.85. The van der Waals surface area contributed by atoms with E-state index in [9.17, 15) is 0 Å². The number of rotatable bonds is 4. The summed E-state index contributed by atoms with van der Waals surface area (Å²) in [6.45, 7) is 0.139. The largest absolute Gasteiger partial charge is 0.396 e. The Balaban J connectivity index is 2.21. The smallest absolute Gasteiger partial charge is 0.137 e. The molecule has 4 heteroatoms. The Morgan fingerprint density at radius 2 is 2.24 bits per heavy atom. The molecule has 0 fully saturated rings. The molecule has 0 amide bonds. The summed E-state index contributed by atoms with van der Waals surface area (Å²) in [5, 5.41) is 21.5. The second kappa shape index (κ2) is 5.28. The van der Waals surface area contributed by atoms with Gasteiger partial charge in [0, 0.05) is 24.7 Å². The zero-order chi connectivity index (χ0) is 12.1. The van der Waals surface area contributed by atoms with Crippen LogP contribution in [0.4, 0.5) is 0 Å². The maximum Gasteiger partial charge on any atom is 0.137 e. The first kappa shape index (κ1) is 11.4. The Labute approximate surface area is 99.1 Å². The summed E-state index contributed by atoms with van der Waals surface area (Å²) in [5.41, 5.74) is 2.18. The molecular formula is C13H12N2O2. The summed E-state index contributed by atoms with van der Waals surface area (Å²) in [5.74, 6) is 0.747. The highest BCUT2D eigenvalue weighted by Crippen LogP contribution is 2.20. The first-order valence-electron chi connectivity index (χ1n) is 5.40. The Kier molecular flexibility index (Phi) is 3.53. The van der Waals surface area contributed by atoms with E-state index < -0.39 is 0 Å². The molecule has 1 aromatic carbocycles. The third-order valence-electron chi connectivity index (χ3n) is 2.43. The van der Waals surface area contributed by atoms with Crippen molar-refractivity contribution in [3.05, 3.63) is 41.7 Å². The number of aryl methyl sites for hydroxylation is 1. The van der Waals surface area contributed by atoms with E-state index in [0.29, 0.717) is 18.4 Å². The van der Waals surface area contributed by atoms with E-state index in [4.69, 9.17) is 14.9 Å². The van der Waals surface area contributed by atoms with Crippen molar-refractivity contribution >= 4 is 0 Å². The third kappa shape index (κ3) is 2.71. The molecule has 2 aromatic rings. The highest BCUT2D eigenvalue weighted by Gasteiger charge is 2.06. The topological polar surface area (TPSA) is 70.0 Å². The van der Waals surface area contributed by atoms with Gasteiger partial charge in [0.05, 0.1) is 11.6 Å². The van der Waals surface area contributed by atoms with Crippen LogP contribution < -0.4 is 0 Å². The first-order chi connectivity index (χ1) is 8.33. The van der Waals surface area contributed by atoms with Gasteiger partial charge in [0.25, 0.3) is 0 Å². The van der Waals surface area contributed by atoms with E-state index in [1.807, 2.05) is 18.2 Å². The number of benzene rings is 1. The van der Waals surface area contributed by atoms with Gasteiger partial charge in [0.15, 0.2) is 0 Å². The van der Waals surface area contributed by atoms with Gasteiger partial charge < -0.3 is 9.63 Å². The van der Waals surface area contributed by atoms with Gasteiger partial charge in [-0.15, -0.1) is 0 Å². The van der Waals surface area contributed by atoms with Crippen LogP contribution in [0.15, 0.2) is 34.9 Å². The summed E-state index contributed by atoms with van der Waals surface area (Å²) < 4.78 is 5.15. The van der Waals surface area contributed by atoms with Gasteiger partial charge in [0.1, 0.15) is 11.5 Å². The summed E-state index contributed by atoms with van der Waals surface area (Å²) in [6.07, 6.45) is 1.33. The van der Waals surface area contributed by atoms with E-state index in [0.717, 1.165) is 17.0 Å². The predicted molar refractivity (Wildman–Crippen MR) is 62.1 cm³/mol. The molecule has 86 valence electrons. The van der Waals surface area contributed by atoms with Crippen LogP contribution >= 0.6 is 0 Å². The Morgan fingerprint density at radius 3 is 3.00 bits per heavy atom. The fraction of sp³-hybridized carbons (Fsp3) is 0.231. The maximum absolute atomic E-state index is 8.81. The van der Waals surface area contributed by atoms with Gasteiger partial charge in [-0.25, -0.2) is 0 Å². The summed E-state index contributed by atoms with van der Waals surface area (Å²) in [6, 6.07) is 11.1. The summed E-state index contributed by atoms with van der Waals surface area (Å²) in [7, 11) is 0. The van der Waals surface area contributed by atoms with Crippen LogP contribution in [0.2, 0.25) is 0 Å². The quantitative estimate of drug-likeness (QED) is 0.870. The van der Waals surface area contributed by atoms with Gasteiger partial charge in [0.2, 0.25) is 0 Å². The standard InChI is InChI=1S/C13H12N2O2/c14-9-10-3-1-4-11(7-10)13-8-12(17-15-13)5-2-6-16/h1,3-4,7-8,16H,2,5-6H2. The molecule has 0 atom stereocenters. The Bertz CT molecular complexity index is 540. The van der Waals surface area contributed by atoms with Crippen LogP contribution in [-0.4, -0.2) is 16.9 Å². The maximum atomic E-state index is 8.81. The van der Waals surface area contributed by atoms with Crippen molar-refractivity contribution in [2.75, 3.05) is 6.61 Å². The van der Waals surface area contributed by atoms with Gasteiger partial charge in [-0.3, -0.25) is 0 Å². The van der Waals surface area contributed by atoms with Crippen molar-refractivity contribution in [2.24, 2.45) is 0 Å². The van der Waals surface area contributed by atoms with Crippen molar-refractivity contribution < 1.29 is 9.63 Å². The van der Waals surface area contributed by atoms with E-state index in [1.165, 1.54) is 0 Å². The lowest BCUT2D eigenvalue weighted by molar-refractivity contribution is 0.280. The van der Waals surface area contributed by atoms with Gasteiger partial charge in [-0.05, 0) is 18.6 Å². The van der Waals surface area contributed by atoms with Gasteiger partial charge in [-0.2, -0.15) is 5.26 Å². The molecule has 0 unspecified atom stereocenters. The monoisotopic (exact) mass is 228 g/mol. The van der Waals surface area contributed by atoms with Crippen LogP contribution in [0.3, 0.4) is 0 Å². The van der Waals surface area contributed by atoms with Gasteiger partial charge in [-0.1, -0.05) is 17.3 Å². The highest BCUT2D eigenvalue weighted by molar-refractivity contribution is 5.61. The fourth-order valence-corrected chi connectivity index (χ4v) is 1.57. The molecule has 1 heterocycles. The van der Waals surface area contributed by atoms with Crippen molar-refractivity contribution in [1.82, 2.24) is 5.16 Å². The number of nitrogens with zero attached hydrogens (tertiary/aromatic N) is 2. The molecule has 0 spiro atoms. The number of hydrogen-bond donors (Lipinski definition) is 1. The lowest BCUT2D eigenvalue weighted by Crippen LogP contribution is -1.86.